The summed E-state index contributed by atoms with van der Waals surface area (Å²) in [4.78, 5) is 6.93. The molecule has 4 nitrogen and oxygen atoms in total. The van der Waals surface area contributed by atoms with E-state index in [2.05, 4.69) is 21.3 Å². The van der Waals surface area contributed by atoms with Crippen molar-refractivity contribution in [1.29, 1.82) is 0 Å². The summed E-state index contributed by atoms with van der Waals surface area (Å²) in [6.07, 6.45) is 7.10. The quantitative estimate of drug-likeness (QED) is 0.885. The average molecular weight is 247 g/mol. The van der Waals surface area contributed by atoms with Gasteiger partial charge in [0.15, 0.2) is 5.82 Å². The molecule has 18 heavy (non-hydrogen) atoms. The van der Waals surface area contributed by atoms with Crippen LogP contribution in [0.5, 0.6) is 0 Å². The van der Waals surface area contributed by atoms with Gasteiger partial charge in [0.05, 0.1) is 11.8 Å². The molecule has 0 spiro atoms. The van der Waals surface area contributed by atoms with Crippen LogP contribution >= 0.6 is 0 Å². The largest absolute Gasteiger partial charge is 0.381 e. The number of aromatic nitrogens is 1. The van der Waals surface area contributed by atoms with Crippen LogP contribution in [0.15, 0.2) is 18.3 Å². The lowest BCUT2D eigenvalue weighted by Crippen LogP contribution is -2.40. The van der Waals surface area contributed by atoms with Crippen molar-refractivity contribution in [2.24, 2.45) is 0 Å². The number of methoxy groups -OCH3 is 1. The number of anilines is 2. The standard InChI is InChI=1S/C14H21N3O/c1-18-12-9-11(10-12)16-13-5-4-6-15-14(13)17-7-2-3-8-17/h4-6,11-12,16H,2-3,7-10H2,1H3. The van der Waals surface area contributed by atoms with E-state index >= 15 is 0 Å². The first-order chi connectivity index (χ1) is 8.86. The minimum atomic E-state index is 0.439. The Kier molecular flexibility index (Phi) is 3.37. The maximum absolute atomic E-state index is 5.32. The van der Waals surface area contributed by atoms with Crippen LogP contribution in [0, 0.1) is 0 Å². The van der Waals surface area contributed by atoms with Gasteiger partial charge in [-0.05, 0) is 37.8 Å². The molecule has 4 heteroatoms. The molecule has 0 unspecified atom stereocenters. The SMILES string of the molecule is COC1CC(Nc2cccnc2N2CCCC2)C1. The van der Waals surface area contributed by atoms with E-state index in [0.717, 1.165) is 31.7 Å². The molecule has 0 atom stereocenters. The summed E-state index contributed by atoms with van der Waals surface area (Å²) in [5, 5.41) is 3.60. The number of rotatable bonds is 4. The van der Waals surface area contributed by atoms with Crippen molar-refractivity contribution in [2.45, 2.75) is 37.8 Å². The number of hydrogen-bond acceptors (Lipinski definition) is 4. The smallest absolute Gasteiger partial charge is 0.151 e. The van der Waals surface area contributed by atoms with Crippen molar-refractivity contribution in [3.05, 3.63) is 18.3 Å². The predicted molar refractivity (Wildman–Crippen MR) is 73.1 cm³/mol. The summed E-state index contributed by atoms with van der Waals surface area (Å²) in [6.45, 7) is 2.27. The van der Waals surface area contributed by atoms with E-state index in [1.165, 1.54) is 18.5 Å². The highest BCUT2D eigenvalue weighted by Crippen LogP contribution is 2.31. The van der Waals surface area contributed by atoms with Gasteiger partial charge in [-0.2, -0.15) is 0 Å². The maximum Gasteiger partial charge on any atom is 0.151 e. The normalized spacial score (nSPS) is 27.1. The number of ether oxygens (including phenoxy) is 1. The molecule has 0 amide bonds. The minimum Gasteiger partial charge on any atom is -0.381 e. The highest BCUT2D eigenvalue weighted by atomic mass is 16.5. The fourth-order valence-corrected chi connectivity index (χ4v) is 2.79. The summed E-state index contributed by atoms with van der Waals surface area (Å²) in [7, 11) is 1.79. The molecule has 2 heterocycles. The lowest BCUT2D eigenvalue weighted by Gasteiger charge is -2.36. The molecule has 1 saturated carbocycles. The van der Waals surface area contributed by atoms with Gasteiger partial charge in [0.25, 0.3) is 0 Å². The second kappa shape index (κ2) is 5.14. The van der Waals surface area contributed by atoms with Gasteiger partial charge in [-0.25, -0.2) is 4.98 Å². The Balaban J connectivity index is 1.68. The fourth-order valence-electron chi connectivity index (χ4n) is 2.79. The highest BCUT2D eigenvalue weighted by molar-refractivity contribution is 5.66. The van der Waals surface area contributed by atoms with Crippen LogP contribution in [0.25, 0.3) is 0 Å². The van der Waals surface area contributed by atoms with Crippen LogP contribution in [-0.4, -0.2) is 37.3 Å². The highest BCUT2D eigenvalue weighted by Gasteiger charge is 2.29. The zero-order valence-corrected chi connectivity index (χ0v) is 10.9. The van der Waals surface area contributed by atoms with Crippen LogP contribution in [-0.2, 0) is 4.74 Å². The number of nitrogens with one attached hydrogen (secondary N) is 1. The van der Waals surface area contributed by atoms with Gasteiger partial charge >= 0.3 is 0 Å². The first kappa shape index (κ1) is 11.8. The third-order valence-electron chi connectivity index (χ3n) is 3.98. The fraction of sp³-hybridized carbons (Fsp3) is 0.643. The van der Waals surface area contributed by atoms with Crippen LogP contribution in [0.4, 0.5) is 11.5 Å². The second-order valence-electron chi connectivity index (χ2n) is 5.24. The molecular formula is C14H21N3O. The van der Waals surface area contributed by atoms with Gasteiger partial charge in [0.2, 0.25) is 0 Å². The maximum atomic E-state index is 5.32. The first-order valence-corrected chi connectivity index (χ1v) is 6.86. The van der Waals surface area contributed by atoms with Gasteiger partial charge in [-0.15, -0.1) is 0 Å². The molecule has 0 bridgehead atoms. The van der Waals surface area contributed by atoms with E-state index in [0.29, 0.717) is 12.1 Å². The Hall–Kier alpha value is -1.29. The summed E-state index contributed by atoms with van der Waals surface area (Å²) in [5.74, 6) is 1.12. The second-order valence-corrected chi connectivity index (χ2v) is 5.24. The van der Waals surface area contributed by atoms with E-state index in [-0.39, 0.29) is 0 Å². The molecule has 98 valence electrons. The molecule has 1 aromatic rings. The van der Waals surface area contributed by atoms with Crippen molar-refractivity contribution in [3.63, 3.8) is 0 Å². The monoisotopic (exact) mass is 247 g/mol. The van der Waals surface area contributed by atoms with Crippen molar-refractivity contribution in [2.75, 3.05) is 30.4 Å². The molecule has 1 aromatic heterocycles. The van der Waals surface area contributed by atoms with Crippen LogP contribution in [0.3, 0.4) is 0 Å². The molecule has 0 aromatic carbocycles. The third-order valence-corrected chi connectivity index (χ3v) is 3.98. The van der Waals surface area contributed by atoms with Crippen molar-refractivity contribution < 1.29 is 4.74 Å². The molecule has 1 saturated heterocycles. The van der Waals surface area contributed by atoms with E-state index in [9.17, 15) is 0 Å². The first-order valence-electron chi connectivity index (χ1n) is 6.86. The minimum absolute atomic E-state index is 0.439. The Morgan fingerprint density at radius 2 is 2.11 bits per heavy atom. The van der Waals surface area contributed by atoms with Crippen molar-refractivity contribution >= 4 is 11.5 Å². The van der Waals surface area contributed by atoms with E-state index in [1.807, 2.05) is 12.3 Å². The molecule has 1 aliphatic heterocycles. The molecule has 0 radical (unpaired) electrons. The van der Waals surface area contributed by atoms with Gasteiger partial charge in [-0.3, -0.25) is 0 Å². The summed E-state index contributed by atoms with van der Waals surface area (Å²) < 4.78 is 5.32. The lowest BCUT2D eigenvalue weighted by molar-refractivity contribution is 0.0329. The Labute approximate surface area is 108 Å². The zero-order chi connectivity index (χ0) is 12.4. The topological polar surface area (TPSA) is 37.4 Å². The predicted octanol–water partition coefficient (Wildman–Crippen LogP) is 2.27. The third kappa shape index (κ3) is 2.29. The molecule has 3 rings (SSSR count). The van der Waals surface area contributed by atoms with Crippen LogP contribution in [0.2, 0.25) is 0 Å². The van der Waals surface area contributed by atoms with Gasteiger partial charge < -0.3 is 15.0 Å². The zero-order valence-electron chi connectivity index (χ0n) is 10.9. The van der Waals surface area contributed by atoms with E-state index < -0.39 is 0 Å². The van der Waals surface area contributed by atoms with E-state index in [1.54, 1.807) is 7.11 Å². The van der Waals surface area contributed by atoms with E-state index in [4.69, 9.17) is 4.74 Å². The number of nitrogens with zero attached hydrogens (tertiary/aromatic N) is 2. The Morgan fingerprint density at radius 1 is 1.33 bits per heavy atom. The average Bonchev–Trinajstić information content (AvgIpc) is 2.87. The molecule has 1 N–H and O–H groups in total. The number of hydrogen-bond donors (Lipinski definition) is 1. The number of pyridine rings is 1. The lowest BCUT2D eigenvalue weighted by atomic mass is 9.89. The molecule has 2 aliphatic rings. The molecule has 1 aliphatic carbocycles. The van der Waals surface area contributed by atoms with Crippen LogP contribution < -0.4 is 10.2 Å². The molecule has 2 fully saturated rings. The van der Waals surface area contributed by atoms with Gasteiger partial charge in [-0.1, -0.05) is 0 Å². The van der Waals surface area contributed by atoms with Gasteiger partial charge in [0.1, 0.15) is 0 Å². The van der Waals surface area contributed by atoms with Crippen molar-refractivity contribution in [1.82, 2.24) is 4.98 Å². The van der Waals surface area contributed by atoms with Crippen LogP contribution in [0.1, 0.15) is 25.7 Å². The Bertz CT molecular complexity index is 398. The molecular weight excluding hydrogens is 226 g/mol. The van der Waals surface area contributed by atoms with Gasteiger partial charge in [0, 0.05) is 32.4 Å². The summed E-state index contributed by atoms with van der Waals surface area (Å²) in [6, 6.07) is 4.69. The Morgan fingerprint density at radius 3 is 2.83 bits per heavy atom. The summed E-state index contributed by atoms with van der Waals surface area (Å²) >= 11 is 0. The van der Waals surface area contributed by atoms with Crippen molar-refractivity contribution in [3.8, 4) is 0 Å². The summed E-state index contributed by atoms with van der Waals surface area (Å²) in [5.41, 5.74) is 1.18.